The maximum Gasteiger partial charge on any atom is 0.243 e. The molecule has 0 aromatic heterocycles. The highest BCUT2D eigenvalue weighted by Gasteiger charge is 2.44. The van der Waals surface area contributed by atoms with E-state index in [1.165, 1.54) is 0 Å². The van der Waals surface area contributed by atoms with Gasteiger partial charge in [-0.1, -0.05) is 69.9 Å². The summed E-state index contributed by atoms with van der Waals surface area (Å²) in [6.07, 6.45) is 8.04. The van der Waals surface area contributed by atoms with E-state index in [-0.39, 0.29) is 29.6 Å². The van der Waals surface area contributed by atoms with Crippen molar-refractivity contribution in [3.05, 3.63) is 35.9 Å². The van der Waals surface area contributed by atoms with Crippen LogP contribution in [0.4, 0.5) is 0 Å². The van der Waals surface area contributed by atoms with Crippen molar-refractivity contribution in [2.24, 2.45) is 17.3 Å². The van der Waals surface area contributed by atoms with Gasteiger partial charge in [0.2, 0.25) is 17.7 Å². The predicted molar refractivity (Wildman–Crippen MR) is 135 cm³/mol. The van der Waals surface area contributed by atoms with Gasteiger partial charge < -0.3 is 20.7 Å². The van der Waals surface area contributed by atoms with Crippen LogP contribution in [0.25, 0.3) is 0 Å². The Morgan fingerprint density at radius 1 is 0.971 bits per heavy atom. The first-order chi connectivity index (χ1) is 16.8. The molecule has 2 aliphatic heterocycles. The number of carbonyl (C=O) groups is 4. The topological polar surface area (TPSA) is 104 Å². The molecule has 4 atom stereocenters. The minimum atomic E-state index is -0.761. The number of rotatable bonds is 5. The van der Waals surface area contributed by atoms with Gasteiger partial charge in [0, 0.05) is 12.5 Å². The summed E-state index contributed by atoms with van der Waals surface area (Å²) in [6, 6.07) is 8.49. The van der Waals surface area contributed by atoms with E-state index >= 15 is 0 Å². The zero-order valence-corrected chi connectivity index (χ0v) is 21.2. The highest BCUT2D eigenvalue weighted by atomic mass is 16.2. The highest BCUT2D eigenvalue weighted by Crippen LogP contribution is 2.38. The van der Waals surface area contributed by atoms with E-state index in [4.69, 9.17) is 0 Å². The molecule has 0 bridgehead atoms. The van der Waals surface area contributed by atoms with Crippen LogP contribution < -0.4 is 16.0 Å². The Morgan fingerprint density at radius 3 is 2.37 bits per heavy atom. The second-order valence-corrected chi connectivity index (χ2v) is 10.8. The lowest BCUT2D eigenvalue weighted by Gasteiger charge is -2.30. The van der Waals surface area contributed by atoms with Crippen LogP contribution >= 0.6 is 0 Å². The predicted octanol–water partition coefficient (Wildman–Crippen LogP) is 3.31. The zero-order valence-electron chi connectivity index (χ0n) is 21.2. The van der Waals surface area contributed by atoms with Crippen molar-refractivity contribution >= 4 is 24.0 Å². The number of hydrogen-bond donors (Lipinski definition) is 3. The lowest BCUT2D eigenvalue weighted by Crippen LogP contribution is -2.53. The lowest BCUT2D eigenvalue weighted by atomic mass is 9.76. The van der Waals surface area contributed by atoms with E-state index in [0.717, 1.165) is 44.0 Å². The molecule has 0 aliphatic carbocycles. The van der Waals surface area contributed by atoms with Crippen LogP contribution in [0.2, 0.25) is 0 Å². The molecule has 35 heavy (non-hydrogen) atoms. The molecule has 192 valence electrons. The molecule has 2 fully saturated rings. The number of carbonyl (C=O) groups excluding carboxylic acids is 4. The monoisotopic (exact) mass is 483 g/mol. The van der Waals surface area contributed by atoms with Gasteiger partial charge in [0.1, 0.15) is 12.3 Å². The van der Waals surface area contributed by atoms with E-state index < -0.39 is 17.5 Å². The van der Waals surface area contributed by atoms with E-state index in [1.54, 1.807) is 0 Å². The van der Waals surface area contributed by atoms with Crippen molar-refractivity contribution < 1.29 is 19.2 Å². The summed E-state index contributed by atoms with van der Waals surface area (Å²) in [5, 5.41) is 8.78. The fraction of sp³-hybridized carbons (Fsp3) is 0.643. The maximum atomic E-state index is 13.4. The fourth-order valence-electron chi connectivity index (χ4n) is 5.51. The smallest absolute Gasteiger partial charge is 0.243 e. The van der Waals surface area contributed by atoms with Crippen molar-refractivity contribution in [2.45, 2.75) is 90.1 Å². The van der Waals surface area contributed by atoms with Crippen LogP contribution in [-0.2, 0) is 25.6 Å². The summed E-state index contributed by atoms with van der Waals surface area (Å²) in [6.45, 7) is 4.61. The maximum absolute atomic E-state index is 13.4. The number of aldehydes is 1. The van der Waals surface area contributed by atoms with Gasteiger partial charge >= 0.3 is 0 Å². The molecule has 0 radical (unpaired) electrons. The Labute approximate surface area is 209 Å². The molecule has 7 heteroatoms. The van der Waals surface area contributed by atoms with E-state index in [9.17, 15) is 19.2 Å². The lowest BCUT2D eigenvalue weighted by molar-refractivity contribution is -0.133. The molecular weight excluding hydrogens is 442 g/mol. The molecule has 1 spiro atoms. The summed E-state index contributed by atoms with van der Waals surface area (Å²) in [5.74, 6) is -0.524. The molecule has 7 nitrogen and oxygen atoms in total. The summed E-state index contributed by atoms with van der Waals surface area (Å²) >= 11 is 0. The minimum Gasteiger partial charge on any atom is -0.356 e. The van der Waals surface area contributed by atoms with Gasteiger partial charge in [-0.3, -0.25) is 14.4 Å². The summed E-state index contributed by atoms with van der Waals surface area (Å²) in [5.41, 5.74) is 0.483. The number of nitrogens with one attached hydrogen (secondary N) is 3. The third-order valence-electron chi connectivity index (χ3n) is 7.47. The quantitative estimate of drug-likeness (QED) is 0.559. The van der Waals surface area contributed by atoms with Crippen molar-refractivity contribution in [3.63, 3.8) is 0 Å². The van der Waals surface area contributed by atoms with Gasteiger partial charge in [-0.25, -0.2) is 0 Å². The second-order valence-electron chi connectivity index (χ2n) is 10.8. The van der Waals surface area contributed by atoms with E-state index in [0.29, 0.717) is 38.6 Å². The Balaban J connectivity index is 1.82. The molecule has 1 aromatic carbocycles. The second kappa shape index (κ2) is 12.8. The first-order valence-corrected chi connectivity index (χ1v) is 13.2. The molecule has 0 saturated carbocycles. The Morgan fingerprint density at radius 2 is 1.71 bits per heavy atom. The van der Waals surface area contributed by atoms with Gasteiger partial charge in [0.25, 0.3) is 0 Å². The van der Waals surface area contributed by atoms with Crippen molar-refractivity contribution in [1.82, 2.24) is 16.0 Å². The molecule has 2 saturated heterocycles. The molecule has 1 aromatic rings. The van der Waals surface area contributed by atoms with Gasteiger partial charge in [-0.2, -0.15) is 0 Å². The fourth-order valence-corrected chi connectivity index (χ4v) is 5.51. The zero-order chi connectivity index (χ0) is 25.3. The number of hydrogen-bond acceptors (Lipinski definition) is 4. The van der Waals surface area contributed by atoms with Crippen LogP contribution in [0, 0.1) is 17.3 Å². The standard InChI is InChI=1S/C28H41N3O4/c1-20(2)16-24-26(34)30-23(19-32)18-28(14-15-29-27(28)35)13-9-4-3-8-12-22(25(33)31-24)17-21-10-6-5-7-11-21/h5-7,10-11,19-20,22-24H,3-4,8-9,12-18H2,1-2H3,(H,29,35)(H,30,34)(H,31,33)/t22?,23-,24-,28?/m0/s1. The number of amides is 3. The molecule has 2 aliphatic rings. The van der Waals surface area contributed by atoms with Crippen LogP contribution in [0.3, 0.4) is 0 Å². The third kappa shape index (κ3) is 7.64. The molecule has 3 amide bonds. The van der Waals surface area contributed by atoms with Crippen LogP contribution in [0.15, 0.2) is 30.3 Å². The summed E-state index contributed by atoms with van der Waals surface area (Å²) in [7, 11) is 0. The van der Waals surface area contributed by atoms with Gasteiger partial charge in [0.15, 0.2) is 0 Å². The average molecular weight is 484 g/mol. The molecule has 2 unspecified atom stereocenters. The SMILES string of the molecule is CC(C)C[C@@H]1NC(=O)C(Cc2ccccc2)CCCCCCC2(CCNC2=O)C[C@@H](C=O)NC1=O. The van der Waals surface area contributed by atoms with Crippen LogP contribution in [0.1, 0.15) is 77.2 Å². The normalized spacial score (nSPS) is 29.1. The van der Waals surface area contributed by atoms with Crippen molar-refractivity contribution in [2.75, 3.05) is 6.54 Å². The van der Waals surface area contributed by atoms with E-state index in [2.05, 4.69) is 16.0 Å². The molecular formula is C28H41N3O4. The number of benzene rings is 1. The minimum absolute atomic E-state index is 0.0159. The summed E-state index contributed by atoms with van der Waals surface area (Å²) < 4.78 is 0. The van der Waals surface area contributed by atoms with Gasteiger partial charge in [-0.15, -0.1) is 0 Å². The van der Waals surface area contributed by atoms with Crippen molar-refractivity contribution in [3.8, 4) is 0 Å². The van der Waals surface area contributed by atoms with Gasteiger partial charge in [0.05, 0.1) is 11.5 Å². The van der Waals surface area contributed by atoms with Gasteiger partial charge in [-0.05, 0) is 50.0 Å². The first-order valence-electron chi connectivity index (χ1n) is 13.2. The van der Waals surface area contributed by atoms with Crippen molar-refractivity contribution in [1.29, 1.82) is 0 Å². The Bertz CT molecular complexity index is 872. The average Bonchev–Trinajstić information content (AvgIpc) is 3.18. The first kappa shape index (κ1) is 26.9. The largest absolute Gasteiger partial charge is 0.356 e. The van der Waals surface area contributed by atoms with E-state index in [1.807, 2.05) is 44.2 Å². The Kier molecular flexibility index (Phi) is 9.87. The van der Waals surface area contributed by atoms with Crippen LogP contribution in [-0.4, -0.2) is 42.6 Å². The van der Waals surface area contributed by atoms with Crippen LogP contribution in [0.5, 0.6) is 0 Å². The molecule has 3 rings (SSSR count). The third-order valence-corrected chi connectivity index (χ3v) is 7.47. The Hall–Kier alpha value is -2.70. The highest BCUT2D eigenvalue weighted by molar-refractivity contribution is 5.90. The molecule has 2 heterocycles. The summed E-state index contributed by atoms with van der Waals surface area (Å²) in [4.78, 5) is 51.4. The molecule has 3 N–H and O–H groups in total.